The third kappa shape index (κ3) is 4.11. The number of amides is 1. The number of benzene rings is 1. The number of aromatic nitrogens is 1. The number of halogens is 2. The second kappa shape index (κ2) is 8.32. The summed E-state index contributed by atoms with van der Waals surface area (Å²) in [6.07, 6.45) is 2.32. The van der Waals surface area contributed by atoms with E-state index in [9.17, 15) is 13.2 Å². The maximum atomic E-state index is 13.2. The van der Waals surface area contributed by atoms with Gasteiger partial charge in [0.15, 0.2) is 15.8 Å². The van der Waals surface area contributed by atoms with Crippen LogP contribution in [0.4, 0.5) is 0 Å². The molecule has 7 nitrogen and oxygen atoms in total. The summed E-state index contributed by atoms with van der Waals surface area (Å²) in [5, 5.41) is 0.446. The monoisotopic (exact) mass is 494 g/mol. The number of nitrogens with zero attached hydrogens (tertiary/aromatic N) is 3. The average molecular weight is 495 g/mol. The molecule has 3 atom stereocenters. The summed E-state index contributed by atoms with van der Waals surface area (Å²) in [6.45, 7) is 3.49. The lowest BCUT2D eigenvalue weighted by atomic mass is 9.85. The van der Waals surface area contributed by atoms with Gasteiger partial charge < -0.3 is 5.73 Å². The fourth-order valence-corrected chi connectivity index (χ4v) is 6.52. The van der Waals surface area contributed by atoms with Gasteiger partial charge in [0.05, 0.1) is 38.7 Å². The molecule has 0 spiro atoms. The number of carbonyl (C=O) groups excluding carboxylic acids is 1. The molecule has 2 aliphatic rings. The summed E-state index contributed by atoms with van der Waals surface area (Å²) in [7, 11) is -3.12. The first kappa shape index (κ1) is 23.0. The normalized spacial score (nSPS) is 27.8. The molecule has 1 aromatic carbocycles. The van der Waals surface area contributed by atoms with Crippen molar-refractivity contribution in [3.8, 4) is 11.3 Å². The molecule has 1 fully saturated rings. The first-order chi connectivity index (χ1) is 15.0. The van der Waals surface area contributed by atoms with Crippen LogP contribution in [0.1, 0.15) is 38.7 Å². The predicted octanol–water partition coefficient (Wildman–Crippen LogP) is 3.78. The van der Waals surface area contributed by atoms with Gasteiger partial charge in [0.1, 0.15) is 0 Å². The number of pyridine rings is 1. The lowest BCUT2D eigenvalue weighted by Gasteiger charge is -2.41. The Hall–Kier alpha value is -2.16. The van der Waals surface area contributed by atoms with Crippen molar-refractivity contribution in [3.63, 3.8) is 0 Å². The quantitative estimate of drug-likeness (QED) is 0.698. The maximum absolute atomic E-state index is 13.2. The van der Waals surface area contributed by atoms with E-state index in [2.05, 4.69) is 9.98 Å². The summed E-state index contributed by atoms with van der Waals surface area (Å²) in [6, 6.07) is 8.75. The number of rotatable bonds is 3. The minimum absolute atomic E-state index is 0.0368. The molecule has 10 heteroatoms. The van der Waals surface area contributed by atoms with Gasteiger partial charge in [0.2, 0.25) is 5.91 Å². The molecule has 3 heterocycles. The van der Waals surface area contributed by atoms with E-state index in [0.29, 0.717) is 39.7 Å². The smallest absolute Gasteiger partial charge is 0.232 e. The molecule has 1 amide bonds. The van der Waals surface area contributed by atoms with Gasteiger partial charge in [-0.25, -0.2) is 13.4 Å². The summed E-state index contributed by atoms with van der Waals surface area (Å²) >= 11 is 12.7. The zero-order chi connectivity index (χ0) is 23.3. The highest BCUT2D eigenvalue weighted by Crippen LogP contribution is 2.42. The minimum atomic E-state index is -3.12. The molecule has 2 N–H and O–H groups in total. The van der Waals surface area contributed by atoms with E-state index in [4.69, 9.17) is 28.9 Å². The number of carbonyl (C=O) groups is 1. The second-order valence-electron chi connectivity index (χ2n) is 8.57. The Labute approximate surface area is 197 Å². The molecule has 1 saturated heterocycles. The van der Waals surface area contributed by atoms with Crippen LogP contribution >= 0.6 is 23.2 Å². The van der Waals surface area contributed by atoms with E-state index in [1.165, 1.54) is 4.90 Å². The van der Waals surface area contributed by atoms with Crippen LogP contribution in [0.3, 0.4) is 0 Å². The molecule has 0 aliphatic carbocycles. The SMILES string of the molecule is C[C@H]1C[C@H](N2C(=O)C[C@@](C)(c3cccc(-c4ccc(Cl)cn4)c3Cl)N=C2N)CCS1(=O)=O. The Morgan fingerprint density at radius 1 is 1.22 bits per heavy atom. The first-order valence-corrected chi connectivity index (χ1v) is 12.8. The van der Waals surface area contributed by atoms with Gasteiger partial charge in [-0.3, -0.25) is 14.7 Å². The standard InChI is InChI=1S/C22H24Cl2N4O3S/c1-13-10-15(8-9-32(13,30)31)28-19(29)11-22(2,27-21(28)25)17-5-3-4-16(20(17)24)18-7-6-14(23)12-26-18/h3-7,12-13,15H,8-11H2,1-2H3,(H2,25,27)/t13-,15+,22-/m0/s1. The average Bonchev–Trinajstić information content (AvgIpc) is 2.71. The van der Waals surface area contributed by atoms with Crippen molar-refractivity contribution in [1.29, 1.82) is 0 Å². The third-order valence-corrected chi connectivity index (χ3v) is 9.13. The minimum Gasteiger partial charge on any atom is -0.369 e. The van der Waals surface area contributed by atoms with Gasteiger partial charge in [-0.15, -0.1) is 0 Å². The fourth-order valence-electron chi connectivity index (χ4n) is 4.46. The largest absolute Gasteiger partial charge is 0.369 e. The van der Waals surface area contributed by atoms with Crippen LogP contribution in [0.2, 0.25) is 10.0 Å². The van der Waals surface area contributed by atoms with E-state index in [1.54, 1.807) is 25.3 Å². The Morgan fingerprint density at radius 2 is 1.97 bits per heavy atom. The molecule has 0 saturated carbocycles. The fraction of sp³-hybridized carbons (Fsp3) is 0.409. The van der Waals surface area contributed by atoms with Gasteiger partial charge in [0.25, 0.3) is 0 Å². The molecule has 4 rings (SSSR count). The molecule has 0 radical (unpaired) electrons. The Bertz CT molecular complexity index is 1200. The topological polar surface area (TPSA) is 106 Å². The first-order valence-electron chi connectivity index (χ1n) is 10.3. The Balaban J connectivity index is 1.68. The second-order valence-corrected chi connectivity index (χ2v) is 11.9. The van der Waals surface area contributed by atoms with Gasteiger partial charge in [-0.2, -0.15) is 0 Å². The summed E-state index contributed by atoms with van der Waals surface area (Å²) in [5.41, 5.74) is 7.35. The van der Waals surface area contributed by atoms with E-state index < -0.39 is 20.6 Å². The Kier molecular flexibility index (Phi) is 5.98. The lowest BCUT2D eigenvalue weighted by molar-refractivity contribution is -0.131. The van der Waals surface area contributed by atoms with Crippen molar-refractivity contribution < 1.29 is 13.2 Å². The summed E-state index contributed by atoms with van der Waals surface area (Å²) in [4.78, 5) is 23.7. The van der Waals surface area contributed by atoms with Crippen molar-refractivity contribution in [2.24, 2.45) is 10.7 Å². The van der Waals surface area contributed by atoms with Gasteiger partial charge in [-0.1, -0.05) is 41.4 Å². The van der Waals surface area contributed by atoms with Crippen molar-refractivity contribution >= 4 is 44.9 Å². The van der Waals surface area contributed by atoms with Gasteiger partial charge in [0, 0.05) is 17.8 Å². The van der Waals surface area contributed by atoms with Crippen LogP contribution < -0.4 is 5.73 Å². The van der Waals surface area contributed by atoms with E-state index in [1.807, 2.05) is 25.1 Å². The van der Waals surface area contributed by atoms with Gasteiger partial charge >= 0.3 is 0 Å². The zero-order valence-corrected chi connectivity index (χ0v) is 20.1. The lowest BCUT2D eigenvalue weighted by Crippen LogP contribution is -2.56. The van der Waals surface area contributed by atoms with Crippen LogP contribution in [-0.4, -0.2) is 47.2 Å². The zero-order valence-electron chi connectivity index (χ0n) is 17.8. The molecule has 1 aromatic heterocycles. The van der Waals surface area contributed by atoms with E-state index in [0.717, 1.165) is 0 Å². The summed E-state index contributed by atoms with van der Waals surface area (Å²) in [5.74, 6) is -0.0660. The van der Waals surface area contributed by atoms with Crippen LogP contribution in [0.5, 0.6) is 0 Å². The molecular weight excluding hydrogens is 471 g/mol. The molecule has 0 unspecified atom stereocenters. The molecule has 2 aliphatic heterocycles. The molecule has 2 aromatic rings. The highest BCUT2D eigenvalue weighted by atomic mass is 35.5. The molecule has 32 heavy (non-hydrogen) atoms. The number of nitrogens with two attached hydrogens (primary N) is 1. The van der Waals surface area contributed by atoms with Gasteiger partial charge in [-0.05, 0) is 44.4 Å². The van der Waals surface area contributed by atoms with Crippen molar-refractivity contribution in [3.05, 3.63) is 52.1 Å². The van der Waals surface area contributed by atoms with E-state index in [-0.39, 0.29) is 30.1 Å². The van der Waals surface area contributed by atoms with Crippen LogP contribution in [0, 0.1) is 0 Å². The number of aliphatic imine (C=N–C) groups is 1. The van der Waals surface area contributed by atoms with Crippen LogP contribution in [-0.2, 0) is 20.2 Å². The van der Waals surface area contributed by atoms with Crippen molar-refractivity contribution in [1.82, 2.24) is 9.88 Å². The number of hydrogen-bond donors (Lipinski definition) is 1. The highest BCUT2D eigenvalue weighted by molar-refractivity contribution is 7.92. The van der Waals surface area contributed by atoms with Crippen LogP contribution in [0.15, 0.2) is 41.5 Å². The molecule has 0 bridgehead atoms. The summed E-state index contributed by atoms with van der Waals surface area (Å²) < 4.78 is 24.1. The predicted molar refractivity (Wildman–Crippen MR) is 126 cm³/mol. The van der Waals surface area contributed by atoms with Crippen molar-refractivity contribution in [2.75, 3.05) is 5.75 Å². The third-order valence-electron chi connectivity index (χ3n) is 6.27. The molecule has 170 valence electrons. The Morgan fingerprint density at radius 3 is 2.59 bits per heavy atom. The van der Waals surface area contributed by atoms with Crippen LogP contribution in [0.25, 0.3) is 11.3 Å². The number of sulfone groups is 1. The maximum Gasteiger partial charge on any atom is 0.232 e. The molecular formula is C22H24Cl2N4O3S. The van der Waals surface area contributed by atoms with E-state index >= 15 is 0 Å². The number of hydrogen-bond acceptors (Lipinski definition) is 6. The number of guanidine groups is 1. The highest BCUT2D eigenvalue weighted by Gasteiger charge is 2.44. The van der Waals surface area contributed by atoms with Crippen molar-refractivity contribution in [2.45, 2.75) is 49.9 Å².